The molecule has 1 N–H and O–H groups in total. The molecule has 4 saturated carbocycles. The van der Waals surface area contributed by atoms with Crippen molar-refractivity contribution in [3.63, 3.8) is 0 Å². The lowest BCUT2D eigenvalue weighted by atomic mass is 9.50. The number of hydrogen-bond donors (Lipinski definition) is 1. The van der Waals surface area contributed by atoms with Crippen LogP contribution in [0, 0.1) is 24.6 Å². The predicted octanol–water partition coefficient (Wildman–Crippen LogP) is 2.14. The number of nitrogens with zero attached hydrogens (tertiary/aromatic N) is 7. The van der Waals surface area contributed by atoms with Gasteiger partial charge >= 0.3 is 0 Å². The number of tetrazole rings is 1. The van der Waals surface area contributed by atoms with Crippen LogP contribution in [0.3, 0.4) is 0 Å². The fraction of sp³-hybridized carbons (Fsp3) is 0.722. The van der Waals surface area contributed by atoms with E-state index in [0.717, 1.165) is 32.1 Å². The first-order valence-electron chi connectivity index (χ1n) is 9.62. The molecular weight excluding hydrogens is 347 g/mol. The van der Waals surface area contributed by atoms with E-state index in [1.165, 1.54) is 12.6 Å². The van der Waals surface area contributed by atoms with Gasteiger partial charge in [0, 0.05) is 19.6 Å². The van der Waals surface area contributed by atoms with E-state index >= 15 is 0 Å². The normalized spacial score (nSPS) is 34.1. The summed E-state index contributed by atoms with van der Waals surface area (Å²) in [6.07, 6.45) is 7.86. The van der Waals surface area contributed by atoms with Crippen molar-refractivity contribution in [2.75, 3.05) is 24.3 Å². The van der Waals surface area contributed by atoms with Crippen molar-refractivity contribution in [2.24, 2.45) is 11.8 Å². The van der Waals surface area contributed by atoms with E-state index in [4.69, 9.17) is 0 Å². The van der Waals surface area contributed by atoms with Gasteiger partial charge < -0.3 is 10.2 Å². The smallest absolute Gasteiger partial charge is 0.225 e. The van der Waals surface area contributed by atoms with Crippen LogP contribution in [0.1, 0.15) is 44.3 Å². The minimum atomic E-state index is -0.408. The molecule has 27 heavy (non-hydrogen) atoms. The summed E-state index contributed by atoms with van der Waals surface area (Å²) in [6.45, 7) is 1.88. The third-order valence-corrected chi connectivity index (χ3v) is 6.49. The molecule has 0 amide bonds. The highest BCUT2D eigenvalue weighted by molar-refractivity contribution is 5.44. The van der Waals surface area contributed by atoms with Crippen molar-refractivity contribution in [1.82, 2.24) is 30.2 Å². The van der Waals surface area contributed by atoms with Crippen molar-refractivity contribution < 1.29 is 4.39 Å². The molecule has 0 radical (unpaired) electrons. The highest BCUT2D eigenvalue weighted by atomic mass is 19.1. The highest BCUT2D eigenvalue weighted by Crippen LogP contribution is 2.60. The topological polar surface area (TPSA) is 84.7 Å². The van der Waals surface area contributed by atoms with Gasteiger partial charge in [-0.25, -0.2) is 9.37 Å². The molecule has 4 fully saturated rings. The molecule has 2 unspecified atom stereocenters. The molecule has 4 aliphatic rings. The van der Waals surface area contributed by atoms with E-state index in [-0.39, 0.29) is 11.1 Å². The Hall–Kier alpha value is -2.32. The van der Waals surface area contributed by atoms with Crippen LogP contribution in [-0.2, 0) is 5.54 Å². The van der Waals surface area contributed by atoms with Crippen LogP contribution in [0.2, 0.25) is 0 Å². The number of rotatable bonds is 4. The number of anilines is 2. The first-order valence-corrected chi connectivity index (χ1v) is 9.62. The third kappa shape index (κ3) is 2.66. The SMILES string of the molecule is Cc1nnn(C23CC4CC(CC(Nc5ncc(F)c(N(C)C)n5)(C4)C2)C3)n1. The number of halogens is 1. The van der Waals surface area contributed by atoms with Crippen molar-refractivity contribution >= 4 is 11.8 Å². The number of nitrogens with one attached hydrogen (secondary N) is 1. The second-order valence-electron chi connectivity index (χ2n) is 8.98. The Kier molecular flexibility index (Phi) is 3.48. The zero-order chi connectivity index (χ0) is 18.8. The van der Waals surface area contributed by atoms with E-state index in [0.29, 0.717) is 29.4 Å². The van der Waals surface area contributed by atoms with Crippen molar-refractivity contribution in [3.05, 3.63) is 17.8 Å². The molecule has 0 saturated heterocycles. The summed E-state index contributed by atoms with van der Waals surface area (Å²) in [4.78, 5) is 12.2. The standard InChI is InChI=1S/C18H25FN8/c1-11-23-25-27(24-11)18-7-12-4-13(8-18)6-17(5-12,10-18)22-16-20-9-14(19)15(21-16)26(2)3/h9,12-13H,4-8,10H2,1-3H3,(H,20,21,22). The van der Waals surface area contributed by atoms with Gasteiger partial charge in [-0.15, -0.1) is 10.2 Å². The molecule has 2 heterocycles. The summed E-state index contributed by atoms with van der Waals surface area (Å²) in [6, 6.07) is 0. The zero-order valence-electron chi connectivity index (χ0n) is 16.0. The first kappa shape index (κ1) is 16.8. The van der Waals surface area contributed by atoms with Gasteiger partial charge in [0.1, 0.15) is 0 Å². The average molecular weight is 372 g/mol. The van der Waals surface area contributed by atoms with Crippen LogP contribution in [0.4, 0.5) is 16.2 Å². The second-order valence-corrected chi connectivity index (χ2v) is 8.98. The maximum Gasteiger partial charge on any atom is 0.225 e. The molecular formula is C18H25FN8. The minimum absolute atomic E-state index is 0.0806. The molecule has 2 aromatic rings. The van der Waals surface area contributed by atoms with Crippen LogP contribution >= 0.6 is 0 Å². The van der Waals surface area contributed by atoms with E-state index in [1.54, 1.807) is 19.0 Å². The molecule has 2 atom stereocenters. The molecule has 0 spiro atoms. The summed E-state index contributed by atoms with van der Waals surface area (Å²) >= 11 is 0. The quantitative estimate of drug-likeness (QED) is 0.880. The number of aryl methyl sites for hydroxylation is 1. The number of aromatic nitrogens is 6. The summed E-state index contributed by atoms with van der Waals surface area (Å²) in [5, 5.41) is 16.6. The Balaban J connectivity index is 1.49. The van der Waals surface area contributed by atoms with Crippen LogP contribution in [0.5, 0.6) is 0 Å². The van der Waals surface area contributed by atoms with E-state index in [1.807, 2.05) is 11.7 Å². The molecule has 9 heteroatoms. The molecule has 4 bridgehead atoms. The summed E-state index contributed by atoms with van der Waals surface area (Å²) < 4.78 is 14.0. The maximum atomic E-state index is 14.0. The van der Waals surface area contributed by atoms with Gasteiger partial charge in [-0.1, -0.05) is 0 Å². The molecule has 0 aromatic carbocycles. The van der Waals surface area contributed by atoms with Gasteiger partial charge in [0.25, 0.3) is 0 Å². The molecule has 6 rings (SSSR count). The fourth-order valence-electron chi connectivity index (χ4n) is 6.05. The highest BCUT2D eigenvalue weighted by Gasteiger charge is 2.60. The Morgan fingerprint density at radius 1 is 1.22 bits per heavy atom. The van der Waals surface area contributed by atoms with E-state index in [2.05, 4.69) is 30.7 Å². The molecule has 4 aliphatic carbocycles. The van der Waals surface area contributed by atoms with Gasteiger partial charge in [0.15, 0.2) is 17.5 Å². The van der Waals surface area contributed by atoms with E-state index in [9.17, 15) is 4.39 Å². The van der Waals surface area contributed by atoms with Crippen LogP contribution in [-0.4, -0.2) is 49.8 Å². The number of hydrogen-bond acceptors (Lipinski definition) is 7. The lowest BCUT2D eigenvalue weighted by molar-refractivity contribution is -0.0636. The van der Waals surface area contributed by atoms with Gasteiger partial charge in [0.05, 0.1) is 11.7 Å². The molecule has 2 aromatic heterocycles. The van der Waals surface area contributed by atoms with Crippen molar-refractivity contribution in [3.8, 4) is 0 Å². The largest absolute Gasteiger partial charge is 0.360 e. The molecule has 0 aliphatic heterocycles. The maximum absolute atomic E-state index is 14.0. The summed E-state index contributed by atoms with van der Waals surface area (Å²) in [5.41, 5.74) is -0.171. The van der Waals surface area contributed by atoms with Crippen molar-refractivity contribution in [1.29, 1.82) is 0 Å². The van der Waals surface area contributed by atoms with Crippen LogP contribution < -0.4 is 10.2 Å². The van der Waals surface area contributed by atoms with E-state index < -0.39 is 5.82 Å². The molecule has 8 nitrogen and oxygen atoms in total. The van der Waals surface area contributed by atoms with Gasteiger partial charge in [0.2, 0.25) is 5.95 Å². The first-order chi connectivity index (χ1) is 12.9. The average Bonchev–Trinajstić information content (AvgIpc) is 3.02. The zero-order valence-corrected chi connectivity index (χ0v) is 16.0. The Morgan fingerprint density at radius 2 is 1.96 bits per heavy atom. The Bertz CT molecular complexity index is 864. The van der Waals surface area contributed by atoms with Gasteiger partial charge in [-0.05, 0) is 62.5 Å². The fourth-order valence-corrected chi connectivity index (χ4v) is 6.05. The minimum Gasteiger partial charge on any atom is -0.360 e. The van der Waals surface area contributed by atoms with Crippen molar-refractivity contribution in [2.45, 2.75) is 56.5 Å². The third-order valence-electron chi connectivity index (χ3n) is 6.49. The lowest BCUT2D eigenvalue weighted by Gasteiger charge is -2.61. The van der Waals surface area contributed by atoms with Crippen LogP contribution in [0.15, 0.2) is 6.20 Å². The predicted molar refractivity (Wildman–Crippen MR) is 97.9 cm³/mol. The van der Waals surface area contributed by atoms with Gasteiger partial charge in [-0.3, -0.25) is 0 Å². The van der Waals surface area contributed by atoms with Gasteiger partial charge in [-0.2, -0.15) is 9.78 Å². The Labute approximate surface area is 157 Å². The second kappa shape index (κ2) is 5.59. The van der Waals surface area contributed by atoms with Crippen LogP contribution in [0.25, 0.3) is 0 Å². The lowest BCUT2D eigenvalue weighted by Crippen LogP contribution is -2.63. The molecule has 144 valence electrons. The Morgan fingerprint density at radius 3 is 2.59 bits per heavy atom. The monoisotopic (exact) mass is 372 g/mol. The summed E-state index contributed by atoms with van der Waals surface area (Å²) in [7, 11) is 3.57. The summed E-state index contributed by atoms with van der Waals surface area (Å²) in [5.74, 6) is 2.39.